The molecule has 3 heterocycles. The van der Waals surface area contributed by atoms with Crippen LogP contribution in [0.2, 0.25) is 0 Å². The number of aromatic nitrogens is 3. The van der Waals surface area contributed by atoms with E-state index in [9.17, 15) is 18.0 Å². The highest BCUT2D eigenvalue weighted by molar-refractivity contribution is 5.94. The maximum atomic E-state index is 13.0. The van der Waals surface area contributed by atoms with Crippen molar-refractivity contribution in [1.82, 2.24) is 19.9 Å². The number of pyridine rings is 1. The number of rotatable bonds is 4. The highest BCUT2D eigenvalue weighted by Gasteiger charge is 2.31. The zero-order chi connectivity index (χ0) is 21.8. The van der Waals surface area contributed by atoms with Gasteiger partial charge in [0.15, 0.2) is 0 Å². The minimum absolute atomic E-state index is 0.00663. The largest absolute Gasteiger partial charge is 0.416 e. The van der Waals surface area contributed by atoms with Gasteiger partial charge in [-0.05, 0) is 49.6 Å². The lowest BCUT2D eigenvalue weighted by atomic mass is 9.98. The number of piperidine rings is 1. The number of nitrogens with zero attached hydrogens (tertiary/aromatic N) is 4. The Labute approximate surface area is 177 Å². The fourth-order valence-corrected chi connectivity index (χ4v) is 3.64. The molecule has 31 heavy (non-hydrogen) atoms. The van der Waals surface area contributed by atoms with Gasteiger partial charge in [0, 0.05) is 24.5 Å². The van der Waals surface area contributed by atoms with Crippen LogP contribution in [0.3, 0.4) is 0 Å². The Morgan fingerprint density at radius 2 is 1.81 bits per heavy atom. The van der Waals surface area contributed by atoms with Gasteiger partial charge in [-0.3, -0.25) is 4.79 Å². The molecule has 0 saturated carbocycles. The maximum absolute atomic E-state index is 13.0. The average Bonchev–Trinajstić information content (AvgIpc) is 2.79. The van der Waals surface area contributed by atoms with Crippen molar-refractivity contribution in [3.8, 4) is 0 Å². The number of hydrogen-bond donors (Lipinski definition) is 1. The van der Waals surface area contributed by atoms with Crippen molar-refractivity contribution in [3.05, 3.63) is 77.7 Å². The van der Waals surface area contributed by atoms with E-state index in [1.165, 1.54) is 6.20 Å². The Hall–Kier alpha value is -3.49. The topological polar surface area (TPSA) is 71.0 Å². The van der Waals surface area contributed by atoms with Gasteiger partial charge in [-0.15, -0.1) is 0 Å². The molecular weight excluding hydrogens is 407 g/mol. The molecule has 1 fully saturated rings. The predicted molar refractivity (Wildman–Crippen MR) is 109 cm³/mol. The molecule has 1 amide bonds. The molecule has 1 aromatic carbocycles. The van der Waals surface area contributed by atoms with Crippen molar-refractivity contribution in [2.24, 2.45) is 0 Å². The first-order chi connectivity index (χ1) is 14.9. The number of carbonyl (C=O) groups is 1. The van der Waals surface area contributed by atoms with E-state index in [0.29, 0.717) is 17.8 Å². The number of alkyl halides is 3. The van der Waals surface area contributed by atoms with Gasteiger partial charge in [-0.1, -0.05) is 18.2 Å². The molecule has 4 rings (SSSR count). The van der Waals surface area contributed by atoms with Gasteiger partial charge >= 0.3 is 6.18 Å². The van der Waals surface area contributed by atoms with E-state index < -0.39 is 11.7 Å². The van der Waals surface area contributed by atoms with Crippen molar-refractivity contribution in [2.75, 3.05) is 11.9 Å². The second-order valence-corrected chi connectivity index (χ2v) is 7.23. The molecule has 0 unspecified atom stereocenters. The minimum Gasteiger partial charge on any atom is -0.330 e. The molecule has 0 aliphatic carbocycles. The van der Waals surface area contributed by atoms with Crippen LogP contribution in [-0.4, -0.2) is 32.3 Å². The van der Waals surface area contributed by atoms with Crippen LogP contribution in [0.4, 0.5) is 24.9 Å². The van der Waals surface area contributed by atoms with Crippen LogP contribution in [0.5, 0.6) is 0 Å². The summed E-state index contributed by atoms with van der Waals surface area (Å²) in [5.41, 5.74) is 0.427. The van der Waals surface area contributed by atoms with Crippen molar-refractivity contribution in [3.63, 3.8) is 0 Å². The van der Waals surface area contributed by atoms with Crippen LogP contribution in [0, 0.1) is 0 Å². The van der Waals surface area contributed by atoms with E-state index in [2.05, 4.69) is 20.3 Å². The number of hydrogen-bond acceptors (Lipinski definition) is 5. The van der Waals surface area contributed by atoms with Crippen LogP contribution in [0.15, 0.2) is 60.9 Å². The highest BCUT2D eigenvalue weighted by atomic mass is 19.4. The maximum Gasteiger partial charge on any atom is 0.416 e. The molecule has 0 bridgehead atoms. The normalized spacial score (nSPS) is 16.7. The van der Waals surface area contributed by atoms with E-state index in [1.807, 2.05) is 18.2 Å². The zero-order valence-electron chi connectivity index (χ0n) is 16.5. The molecule has 9 heteroatoms. The summed E-state index contributed by atoms with van der Waals surface area (Å²) in [6, 6.07) is 12.3. The Kier molecular flexibility index (Phi) is 5.83. The number of carbonyl (C=O) groups excluding carboxylic acids is 1. The lowest BCUT2D eigenvalue weighted by molar-refractivity contribution is -0.137. The van der Waals surface area contributed by atoms with Crippen molar-refractivity contribution in [1.29, 1.82) is 0 Å². The molecule has 160 valence electrons. The summed E-state index contributed by atoms with van der Waals surface area (Å²) in [6.45, 7) is 0.611. The van der Waals surface area contributed by atoms with E-state index in [1.54, 1.807) is 23.1 Å². The van der Waals surface area contributed by atoms with Crippen molar-refractivity contribution < 1.29 is 18.0 Å². The Morgan fingerprint density at radius 1 is 1.03 bits per heavy atom. The Bertz CT molecular complexity index is 1060. The van der Waals surface area contributed by atoms with Gasteiger partial charge in [0.2, 0.25) is 5.95 Å². The smallest absolute Gasteiger partial charge is 0.330 e. The van der Waals surface area contributed by atoms with Gasteiger partial charge in [-0.2, -0.15) is 13.2 Å². The molecule has 0 radical (unpaired) electrons. The van der Waals surface area contributed by atoms with Gasteiger partial charge in [0.25, 0.3) is 5.91 Å². The van der Waals surface area contributed by atoms with Crippen LogP contribution in [0.25, 0.3) is 0 Å². The van der Waals surface area contributed by atoms with Crippen LogP contribution in [-0.2, 0) is 6.18 Å². The summed E-state index contributed by atoms with van der Waals surface area (Å²) in [4.78, 5) is 27.3. The zero-order valence-corrected chi connectivity index (χ0v) is 16.5. The summed E-state index contributed by atoms with van der Waals surface area (Å²) >= 11 is 0. The fourth-order valence-electron chi connectivity index (χ4n) is 3.64. The molecule has 1 saturated heterocycles. The summed E-state index contributed by atoms with van der Waals surface area (Å²) in [7, 11) is 0. The van der Waals surface area contributed by atoms with Gasteiger partial charge < -0.3 is 10.2 Å². The second kappa shape index (κ2) is 8.71. The molecule has 0 spiro atoms. The number of nitrogens with one attached hydrogen (secondary N) is 1. The number of halogens is 3. The van der Waals surface area contributed by atoms with Crippen LogP contribution >= 0.6 is 0 Å². The van der Waals surface area contributed by atoms with Gasteiger partial charge in [0.1, 0.15) is 5.82 Å². The third-order valence-electron chi connectivity index (χ3n) is 5.13. The third-order valence-corrected chi connectivity index (χ3v) is 5.13. The number of amides is 1. The molecule has 1 aliphatic heterocycles. The van der Waals surface area contributed by atoms with Crippen molar-refractivity contribution in [2.45, 2.75) is 31.5 Å². The van der Waals surface area contributed by atoms with Crippen LogP contribution in [0.1, 0.15) is 46.9 Å². The summed E-state index contributed by atoms with van der Waals surface area (Å²) in [6.07, 6.45) is 0.734. The molecule has 1 atom stereocenters. The molecule has 1 aliphatic rings. The molecule has 6 nitrogen and oxygen atoms in total. The first kappa shape index (κ1) is 20.8. The van der Waals surface area contributed by atoms with Gasteiger partial charge in [-0.25, -0.2) is 15.0 Å². The molecular formula is C22H20F3N5O. The summed E-state index contributed by atoms with van der Waals surface area (Å²) < 4.78 is 38.8. The lowest BCUT2D eigenvalue weighted by Crippen LogP contribution is -2.38. The van der Waals surface area contributed by atoms with Crippen LogP contribution < -0.4 is 5.32 Å². The lowest BCUT2D eigenvalue weighted by Gasteiger charge is -2.35. The number of anilines is 2. The number of benzene rings is 1. The first-order valence-corrected chi connectivity index (χ1v) is 9.91. The van der Waals surface area contributed by atoms with E-state index in [0.717, 1.165) is 37.6 Å². The SMILES string of the molecule is O=C(c1ccccc1)N1CCCC[C@H]1c1ccnc(Nc2cc(C(F)(F)F)ccn2)n1. The minimum atomic E-state index is -4.47. The molecule has 1 N–H and O–H groups in total. The Balaban J connectivity index is 1.57. The van der Waals surface area contributed by atoms with E-state index >= 15 is 0 Å². The van der Waals surface area contributed by atoms with E-state index in [4.69, 9.17) is 0 Å². The van der Waals surface area contributed by atoms with E-state index in [-0.39, 0.29) is 23.7 Å². The second-order valence-electron chi connectivity index (χ2n) is 7.23. The summed E-state index contributed by atoms with van der Waals surface area (Å²) in [5.74, 6) is 0.0489. The van der Waals surface area contributed by atoms with Crippen molar-refractivity contribution >= 4 is 17.7 Å². The third kappa shape index (κ3) is 4.82. The monoisotopic (exact) mass is 427 g/mol. The molecule has 3 aromatic rings. The highest BCUT2D eigenvalue weighted by Crippen LogP contribution is 2.32. The first-order valence-electron chi connectivity index (χ1n) is 9.91. The fraction of sp³-hybridized carbons (Fsp3) is 0.273. The summed E-state index contributed by atoms with van der Waals surface area (Å²) in [5, 5.41) is 2.73. The predicted octanol–water partition coefficient (Wildman–Crippen LogP) is 5.00. The average molecular weight is 427 g/mol. The number of likely N-dealkylation sites (tertiary alicyclic amines) is 1. The standard InChI is InChI=1S/C22H20F3N5O/c23-22(24,25)16-9-11-26-19(14-16)29-21-27-12-10-17(28-21)18-8-4-5-13-30(18)20(31)15-6-2-1-3-7-15/h1-3,6-7,9-12,14,18H,4-5,8,13H2,(H,26,27,28,29)/t18-/m0/s1. The Morgan fingerprint density at radius 3 is 2.58 bits per heavy atom. The van der Waals surface area contributed by atoms with Gasteiger partial charge in [0.05, 0.1) is 17.3 Å². The molecule has 2 aromatic heterocycles. The quantitative estimate of drug-likeness (QED) is 0.634.